The standard InChI is InChI=1S/C23H24N4O2S/c1-13(2)19-11-20-17(10-22(28)29-21(20)9-16(19)5)12-30-23-24-25-26-27(23)18-7-6-14(3)15(4)8-18/h6-11,13H,12H2,1-5H3. The van der Waals surface area contributed by atoms with Gasteiger partial charge in [0.05, 0.1) is 5.69 Å². The molecule has 7 heteroatoms. The zero-order valence-electron chi connectivity index (χ0n) is 17.8. The van der Waals surface area contributed by atoms with Crippen LogP contribution in [0.2, 0.25) is 0 Å². The molecule has 4 aromatic rings. The highest BCUT2D eigenvalue weighted by Crippen LogP contribution is 2.30. The molecule has 0 aliphatic rings. The van der Waals surface area contributed by atoms with E-state index in [2.05, 4.69) is 61.4 Å². The first-order chi connectivity index (χ1) is 14.3. The van der Waals surface area contributed by atoms with Crippen LogP contribution < -0.4 is 5.63 Å². The Morgan fingerprint density at radius 2 is 1.83 bits per heavy atom. The van der Waals surface area contributed by atoms with Crippen LogP contribution in [0, 0.1) is 20.8 Å². The van der Waals surface area contributed by atoms with Crippen LogP contribution in [-0.4, -0.2) is 20.2 Å². The highest BCUT2D eigenvalue weighted by molar-refractivity contribution is 7.98. The Labute approximate surface area is 179 Å². The van der Waals surface area contributed by atoms with Gasteiger partial charge in [0.15, 0.2) is 0 Å². The maximum Gasteiger partial charge on any atom is 0.336 e. The van der Waals surface area contributed by atoms with Crippen LogP contribution >= 0.6 is 11.8 Å². The van der Waals surface area contributed by atoms with Gasteiger partial charge < -0.3 is 4.42 Å². The first-order valence-corrected chi connectivity index (χ1v) is 10.9. The van der Waals surface area contributed by atoms with Gasteiger partial charge in [0, 0.05) is 17.2 Å². The summed E-state index contributed by atoms with van der Waals surface area (Å²) in [5.41, 5.74) is 6.90. The zero-order chi connectivity index (χ0) is 21.4. The number of aryl methyl sites for hydroxylation is 3. The predicted molar refractivity (Wildman–Crippen MR) is 119 cm³/mol. The molecule has 0 saturated carbocycles. The molecule has 6 nitrogen and oxygen atoms in total. The Hall–Kier alpha value is -2.93. The first-order valence-electron chi connectivity index (χ1n) is 9.89. The summed E-state index contributed by atoms with van der Waals surface area (Å²) in [6.07, 6.45) is 0. The van der Waals surface area contributed by atoms with Crippen LogP contribution in [-0.2, 0) is 5.75 Å². The number of tetrazole rings is 1. The van der Waals surface area contributed by atoms with Crippen molar-refractivity contribution in [2.75, 3.05) is 0 Å². The molecule has 0 amide bonds. The van der Waals surface area contributed by atoms with Crippen LogP contribution in [0.4, 0.5) is 0 Å². The molecule has 0 unspecified atom stereocenters. The molecule has 0 N–H and O–H groups in total. The fourth-order valence-corrected chi connectivity index (χ4v) is 4.45. The molecule has 0 aliphatic carbocycles. The second-order valence-corrected chi connectivity index (χ2v) is 8.82. The number of thioether (sulfide) groups is 1. The number of nitrogens with zero attached hydrogens (tertiary/aromatic N) is 4. The van der Waals surface area contributed by atoms with Crippen molar-refractivity contribution < 1.29 is 4.42 Å². The molecule has 2 aromatic heterocycles. The van der Waals surface area contributed by atoms with Crippen molar-refractivity contribution in [2.45, 2.75) is 51.4 Å². The molecule has 0 aliphatic heterocycles. The predicted octanol–water partition coefficient (Wildman–Crippen LogP) is 5.11. The number of rotatable bonds is 5. The Bertz CT molecular complexity index is 1290. The minimum absolute atomic E-state index is 0.344. The van der Waals surface area contributed by atoms with Gasteiger partial charge in [0.1, 0.15) is 5.58 Å². The number of fused-ring (bicyclic) bond motifs is 1. The van der Waals surface area contributed by atoms with E-state index in [0.29, 0.717) is 22.4 Å². The van der Waals surface area contributed by atoms with E-state index < -0.39 is 0 Å². The van der Waals surface area contributed by atoms with E-state index >= 15 is 0 Å². The van der Waals surface area contributed by atoms with E-state index in [1.54, 1.807) is 10.7 Å². The third kappa shape index (κ3) is 3.89. The Morgan fingerprint density at radius 3 is 2.57 bits per heavy atom. The van der Waals surface area contributed by atoms with E-state index in [1.165, 1.54) is 28.5 Å². The lowest BCUT2D eigenvalue weighted by Crippen LogP contribution is -2.03. The summed E-state index contributed by atoms with van der Waals surface area (Å²) in [5, 5.41) is 13.8. The Balaban J connectivity index is 1.69. The molecule has 2 heterocycles. The second-order valence-electron chi connectivity index (χ2n) is 7.88. The summed E-state index contributed by atoms with van der Waals surface area (Å²) in [5.74, 6) is 0.951. The molecule has 0 spiro atoms. The van der Waals surface area contributed by atoms with E-state index in [1.807, 2.05) is 19.1 Å². The molecule has 154 valence electrons. The third-order valence-electron chi connectivity index (χ3n) is 5.37. The maximum absolute atomic E-state index is 12.1. The van der Waals surface area contributed by atoms with Gasteiger partial charge in [-0.25, -0.2) is 4.79 Å². The number of hydrogen-bond acceptors (Lipinski definition) is 6. The molecular weight excluding hydrogens is 396 g/mol. The van der Waals surface area contributed by atoms with E-state index in [9.17, 15) is 4.79 Å². The quantitative estimate of drug-likeness (QED) is 0.330. The lowest BCUT2D eigenvalue weighted by Gasteiger charge is -2.13. The lowest BCUT2D eigenvalue weighted by atomic mass is 9.95. The van der Waals surface area contributed by atoms with Gasteiger partial charge in [0.2, 0.25) is 5.16 Å². The first kappa shape index (κ1) is 20.3. The van der Waals surface area contributed by atoms with Gasteiger partial charge in [-0.05, 0) is 89.2 Å². The Kier molecular flexibility index (Phi) is 5.47. The molecule has 0 bridgehead atoms. The van der Waals surface area contributed by atoms with Gasteiger partial charge in [-0.1, -0.05) is 31.7 Å². The molecule has 0 fully saturated rings. The number of benzene rings is 2. The van der Waals surface area contributed by atoms with Gasteiger partial charge in [0.25, 0.3) is 0 Å². The SMILES string of the molecule is Cc1ccc(-n2nnnc2SCc2cc(=O)oc3cc(C)c(C(C)C)cc23)cc1C. The van der Waals surface area contributed by atoms with Crippen molar-refractivity contribution in [3.05, 3.63) is 74.6 Å². The second kappa shape index (κ2) is 8.07. The molecule has 30 heavy (non-hydrogen) atoms. The number of aromatic nitrogens is 4. The Morgan fingerprint density at radius 1 is 1.03 bits per heavy atom. The maximum atomic E-state index is 12.1. The lowest BCUT2D eigenvalue weighted by molar-refractivity contribution is 0.559. The monoisotopic (exact) mass is 420 g/mol. The van der Waals surface area contributed by atoms with Crippen LogP contribution in [0.25, 0.3) is 16.7 Å². The summed E-state index contributed by atoms with van der Waals surface area (Å²) in [7, 11) is 0. The summed E-state index contributed by atoms with van der Waals surface area (Å²) in [4.78, 5) is 12.1. The van der Waals surface area contributed by atoms with Crippen molar-refractivity contribution in [1.82, 2.24) is 20.2 Å². The fourth-order valence-electron chi connectivity index (χ4n) is 3.56. The van der Waals surface area contributed by atoms with Crippen molar-refractivity contribution in [3.8, 4) is 5.69 Å². The average Bonchev–Trinajstić information content (AvgIpc) is 3.16. The highest BCUT2D eigenvalue weighted by atomic mass is 32.2. The van der Waals surface area contributed by atoms with Gasteiger partial charge in [-0.2, -0.15) is 4.68 Å². The van der Waals surface area contributed by atoms with Crippen molar-refractivity contribution in [1.29, 1.82) is 0 Å². The average molecular weight is 421 g/mol. The van der Waals surface area contributed by atoms with Crippen LogP contribution in [0.3, 0.4) is 0 Å². The summed E-state index contributed by atoms with van der Waals surface area (Å²) in [6, 6.07) is 11.8. The van der Waals surface area contributed by atoms with Crippen molar-refractivity contribution >= 4 is 22.7 Å². The molecule has 0 atom stereocenters. The largest absolute Gasteiger partial charge is 0.423 e. The van der Waals surface area contributed by atoms with Crippen molar-refractivity contribution in [2.24, 2.45) is 0 Å². The van der Waals surface area contributed by atoms with Gasteiger partial charge >= 0.3 is 5.63 Å². The van der Waals surface area contributed by atoms with Gasteiger partial charge in [-0.3, -0.25) is 0 Å². The van der Waals surface area contributed by atoms with E-state index in [0.717, 1.165) is 22.2 Å². The van der Waals surface area contributed by atoms with Crippen molar-refractivity contribution in [3.63, 3.8) is 0 Å². The molecule has 2 aromatic carbocycles. The highest BCUT2D eigenvalue weighted by Gasteiger charge is 2.14. The van der Waals surface area contributed by atoms with E-state index in [-0.39, 0.29) is 5.63 Å². The minimum Gasteiger partial charge on any atom is -0.423 e. The van der Waals surface area contributed by atoms with Gasteiger partial charge in [-0.15, -0.1) is 5.10 Å². The fraction of sp³-hybridized carbons (Fsp3) is 0.304. The minimum atomic E-state index is -0.344. The normalized spacial score (nSPS) is 11.5. The van der Waals surface area contributed by atoms with Crippen LogP contribution in [0.15, 0.2) is 50.8 Å². The summed E-state index contributed by atoms with van der Waals surface area (Å²) < 4.78 is 7.19. The summed E-state index contributed by atoms with van der Waals surface area (Å²) in [6.45, 7) is 10.5. The molecule has 0 saturated heterocycles. The molecule has 4 rings (SSSR count). The van der Waals surface area contributed by atoms with Crippen LogP contribution in [0.1, 0.15) is 47.6 Å². The molecule has 0 radical (unpaired) electrons. The number of hydrogen-bond donors (Lipinski definition) is 0. The zero-order valence-corrected chi connectivity index (χ0v) is 18.6. The van der Waals surface area contributed by atoms with E-state index in [4.69, 9.17) is 4.42 Å². The molecular formula is C23H24N4O2S. The summed E-state index contributed by atoms with van der Waals surface area (Å²) >= 11 is 1.50. The van der Waals surface area contributed by atoms with Crippen LogP contribution in [0.5, 0.6) is 0 Å². The third-order valence-corrected chi connectivity index (χ3v) is 6.34. The topological polar surface area (TPSA) is 73.8 Å². The smallest absolute Gasteiger partial charge is 0.336 e.